The van der Waals surface area contributed by atoms with Crippen molar-refractivity contribution < 1.29 is 33.4 Å². The van der Waals surface area contributed by atoms with E-state index in [4.69, 9.17) is 18.6 Å². The minimum absolute atomic E-state index is 0.0524. The highest BCUT2D eigenvalue weighted by Gasteiger charge is 2.20. The third-order valence-corrected chi connectivity index (χ3v) is 3.63. The van der Waals surface area contributed by atoms with Crippen LogP contribution < -0.4 is 28.8 Å². The molecule has 8 heteroatoms. The van der Waals surface area contributed by atoms with Crippen molar-refractivity contribution in [1.29, 1.82) is 0 Å². The van der Waals surface area contributed by atoms with E-state index in [9.17, 15) is 4.79 Å². The first kappa shape index (κ1) is 19.8. The number of aryl methyl sites for hydroxylation is 1. The molecule has 0 aliphatic rings. The van der Waals surface area contributed by atoms with Gasteiger partial charge in [-0.1, -0.05) is 48.5 Å². The molecular formula is C18H17ClN2O5. The van der Waals surface area contributed by atoms with Crippen molar-refractivity contribution >= 4 is 0 Å². The SMILES string of the molecule is Cc1[nH]c(=O)c(-c2ccccc2)c(C)[n+]1-c1ccccc1.[O-][Cl+3]([O-])([O-])[O-]. The van der Waals surface area contributed by atoms with Gasteiger partial charge < -0.3 is 0 Å². The van der Waals surface area contributed by atoms with Gasteiger partial charge in [-0.15, -0.1) is 10.2 Å². The summed E-state index contributed by atoms with van der Waals surface area (Å²) >= 11 is 0. The molecule has 7 nitrogen and oxygen atoms in total. The maximum atomic E-state index is 12.4. The number of halogens is 1. The van der Waals surface area contributed by atoms with Crippen LogP contribution in [0, 0.1) is 24.1 Å². The van der Waals surface area contributed by atoms with Gasteiger partial charge in [0, 0.05) is 6.92 Å². The maximum Gasteiger partial charge on any atom is 0.343 e. The number of H-pyrrole nitrogens is 1. The van der Waals surface area contributed by atoms with Crippen LogP contribution in [0.5, 0.6) is 0 Å². The van der Waals surface area contributed by atoms with E-state index in [-0.39, 0.29) is 5.56 Å². The van der Waals surface area contributed by atoms with Crippen molar-refractivity contribution in [3.8, 4) is 16.8 Å². The number of rotatable bonds is 2. The number of aromatic nitrogens is 2. The highest BCUT2D eigenvalue weighted by atomic mass is 35.7. The Morgan fingerprint density at radius 3 is 1.81 bits per heavy atom. The molecule has 0 bridgehead atoms. The van der Waals surface area contributed by atoms with Crippen molar-refractivity contribution in [3.05, 3.63) is 82.5 Å². The standard InChI is InChI=1S/C18H16N2O.ClHO4/c1-13-17(15-9-5-3-6-10-15)18(21)19-14(2)20(13)16-11-7-4-8-12-16;2-1(3,4)5/h3-12H,1-2H3;(H,2,3,4,5). The molecule has 0 radical (unpaired) electrons. The van der Waals surface area contributed by atoms with Gasteiger partial charge in [0.1, 0.15) is 16.9 Å². The third kappa shape index (κ3) is 5.22. The van der Waals surface area contributed by atoms with Gasteiger partial charge in [0.2, 0.25) is 0 Å². The molecule has 0 fully saturated rings. The van der Waals surface area contributed by atoms with Crippen molar-refractivity contribution in [3.63, 3.8) is 0 Å². The number of hydrogen-bond donors (Lipinski definition) is 1. The minimum atomic E-state index is -4.94. The molecule has 0 aliphatic heterocycles. The van der Waals surface area contributed by atoms with Crippen molar-refractivity contribution in [1.82, 2.24) is 4.98 Å². The van der Waals surface area contributed by atoms with Gasteiger partial charge >= 0.3 is 5.56 Å². The second kappa shape index (κ2) is 8.22. The Kier molecular flexibility index (Phi) is 6.25. The van der Waals surface area contributed by atoms with Crippen LogP contribution in [0.2, 0.25) is 0 Å². The lowest BCUT2D eigenvalue weighted by Crippen LogP contribution is -2.68. The van der Waals surface area contributed by atoms with Crippen LogP contribution in [-0.4, -0.2) is 4.98 Å². The predicted octanol–water partition coefficient (Wildman–Crippen LogP) is -1.82. The molecule has 0 atom stereocenters. The maximum absolute atomic E-state index is 12.4. The Morgan fingerprint density at radius 1 is 0.846 bits per heavy atom. The molecule has 0 aliphatic carbocycles. The molecular weight excluding hydrogens is 360 g/mol. The van der Waals surface area contributed by atoms with Crippen molar-refractivity contribution in [2.24, 2.45) is 0 Å². The molecule has 1 aromatic heterocycles. The van der Waals surface area contributed by atoms with Crippen molar-refractivity contribution in [2.75, 3.05) is 0 Å². The fraction of sp³-hybridized carbons (Fsp3) is 0.111. The lowest BCUT2D eigenvalue weighted by molar-refractivity contribution is -2.00. The zero-order valence-electron chi connectivity index (χ0n) is 14.1. The first-order valence-electron chi connectivity index (χ1n) is 7.56. The zero-order chi connectivity index (χ0) is 19.3. The molecule has 0 unspecified atom stereocenters. The Hall–Kier alpha value is -2.55. The van der Waals surface area contributed by atoms with E-state index in [0.717, 1.165) is 22.8 Å². The highest BCUT2D eigenvalue weighted by Crippen LogP contribution is 2.17. The van der Waals surface area contributed by atoms with E-state index >= 15 is 0 Å². The number of benzene rings is 2. The van der Waals surface area contributed by atoms with E-state index < -0.39 is 10.2 Å². The highest BCUT2D eigenvalue weighted by molar-refractivity contribution is 5.63. The summed E-state index contributed by atoms with van der Waals surface area (Å²) in [5.41, 5.74) is 3.57. The average Bonchev–Trinajstić information content (AvgIpc) is 2.55. The lowest BCUT2D eigenvalue weighted by Gasteiger charge is -2.17. The number of hydrogen-bond acceptors (Lipinski definition) is 5. The number of nitrogens with zero attached hydrogens (tertiary/aromatic N) is 1. The first-order valence-corrected chi connectivity index (χ1v) is 8.80. The second-order valence-electron chi connectivity index (χ2n) is 5.41. The molecule has 1 heterocycles. The average molecular weight is 377 g/mol. The van der Waals surface area contributed by atoms with Crippen LogP contribution >= 0.6 is 0 Å². The van der Waals surface area contributed by atoms with Crippen LogP contribution in [0.25, 0.3) is 16.8 Å². The number of nitrogens with one attached hydrogen (secondary N) is 1. The van der Waals surface area contributed by atoms with E-state index in [1.54, 1.807) is 0 Å². The summed E-state index contributed by atoms with van der Waals surface area (Å²) in [5.74, 6) is 0.823. The molecule has 0 saturated carbocycles. The van der Waals surface area contributed by atoms with Gasteiger partial charge in [-0.05, 0) is 24.6 Å². The summed E-state index contributed by atoms with van der Waals surface area (Å²) in [6.07, 6.45) is 0. The molecule has 0 spiro atoms. The third-order valence-electron chi connectivity index (χ3n) is 3.63. The topological polar surface area (TPSA) is 129 Å². The molecule has 3 rings (SSSR count). The van der Waals surface area contributed by atoms with Gasteiger partial charge in [-0.25, -0.2) is 33.0 Å². The van der Waals surface area contributed by atoms with Crippen LogP contribution in [0.4, 0.5) is 0 Å². The van der Waals surface area contributed by atoms with Crippen LogP contribution in [0.1, 0.15) is 11.5 Å². The van der Waals surface area contributed by atoms with Crippen LogP contribution in [-0.2, 0) is 0 Å². The van der Waals surface area contributed by atoms with E-state index in [1.165, 1.54) is 0 Å². The van der Waals surface area contributed by atoms with Crippen molar-refractivity contribution in [2.45, 2.75) is 13.8 Å². The molecule has 3 aromatic rings. The predicted molar refractivity (Wildman–Crippen MR) is 83.5 cm³/mol. The molecule has 136 valence electrons. The molecule has 2 aromatic carbocycles. The largest absolute Gasteiger partial charge is 0.343 e. The van der Waals surface area contributed by atoms with Gasteiger partial charge in [-0.3, -0.25) is 0 Å². The van der Waals surface area contributed by atoms with Crippen LogP contribution in [0.3, 0.4) is 0 Å². The van der Waals surface area contributed by atoms with E-state index in [0.29, 0.717) is 5.56 Å². The fourth-order valence-electron chi connectivity index (χ4n) is 2.72. The Labute approximate surface area is 152 Å². The monoisotopic (exact) mass is 376 g/mol. The molecule has 26 heavy (non-hydrogen) atoms. The zero-order valence-corrected chi connectivity index (χ0v) is 14.9. The summed E-state index contributed by atoms with van der Waals surface area (Å²) in [4.78, 5) is 15.3. The smallest absolute Gasteiger partial charge is 0.241 e. The van der Waals surface area contributed by atoms with Gasteiger partial charge in [0.05, 0.1) is 0 Å². The molecule has 0 amide bonds. The normalized spacial score (nSPS) is 10.8. The second-order valence-corrected chi connectivity index (χ2v) is 6.17. The quantitative estimate of drug-likeness (QED) is 0.526. The lowest BCUT2D eigenvalue weighted by atomic mass is 10.1. The van der Waals surface area contributed by atoms with Gasteiger partial charge in [0.15, 0.2) is 0 Å². The number of para-hydroxylation sites is 1. The summed E-state index contributed by atoms with van der Waals surface area (Å²) in [5, 5.41) is 0. The minimum Gasteiger partial charge on any atom is -0.241 e. The summed E-state index contributed by atoms with van der Waals surface area (Å²) in [6, 6.07) is 19.8. The molecule has 1 N–H and O–H groups in total. The molecule has 0 saturated heterocycles. The number of aromatic amines is 1. The first-order chi connectivity index (χ1) is 12.2. The van der Waals surface area contributed by atoms with Crippen LogP contribution in [0.15, 0.2) is 65.5 Å². The van der Waals surface area contributed by atoms with Gasteiger partial charge in [0.25, 0.3) is 5.82 Å². The summed E-state index contributed by atoms with van der Waals surface area (Å²) < 4.78 is 36.0. The van der Waals surface area contributed by atoms with E-state index in [1.807, 2.05) is 74.5 Å². The van der Waals surface area contributed by atoms with E-state index in [2.05, 4.69) is 9.55 Å². The fourth-order valence-corrected chi connectivity index (χ4v) is 2.72. The summed E-state index contributed by atoms with van der Waals surface area (Å²) in [6.45, 7) is 3.90. The van der Waals surface area contributed by atoms with Gasteiger partial charge in [-0.2, -0.15) is 0 Å². The Bertz CT molecular complexity index is 916. The summed E-state index contributed by atoms with van der Waals surface area (Å²) in [7, 11) is -4.94. The Morgan fingerprint density at radius 2 is 1.31 bits per heavy atom. The Balaban J connectivity index is 0.000000431.